The van der Waals surface area contributed by atoms with E-state index in [4.69, 9.17) is 9.47 Å². The third-order valence-electron chi connectivity index (χ3n) is 9.44. The first kappa shape index (κ1) is 31.0. The Morgan fingerprint density at radius 2 is 1.95 bits per heavy atom. The zero-order chi connectivity index (χ0) is 29.8. The molecular formula is C33H46N2O6. The number of allylic oxidation sites excluding steroid dienone is 1. The molecule has 1 N–H and O–H groups in total. The van der Waals surface area contributed by atoms with Crippen LogP contribution in [0.15, 0.2) is 55.6 Å². The van der Waals surface area contributed by atoms with Crippen LogP contribution in [0.1, 0.15) is 77.3 Å². The number of fused-ring (bicyclic) bond motifs is 1. The van der Waals surface area contributed by atoms with Crippen molar-refractivity contribution in [2.75, 3.05) is 19.8 Å². The van der Waals surface area contributed by atoms with Crippen LogP contribution in [-0.2, 0) is 23.9 Å². The molecule has 7 atom stereocenters. The molecular weight excluding hydrogens is 520 g/mol. The van der Waals surface area contributed by atoms with E-state index >= 15 is 0 Å². The van der Waals surface area contributed by atoms with Crippen molar-refractivity contribution < 1.29 is 29.0 Å². The zero-order valence-corrected chi connectivity index (χ0v) is 24.8. The first-order valence-corrected chi connectivity index (χ1v) is 15.1. The minimum Gasteiger partial charge on any atom is -0.465 e. The van der Waals surface area contributed by atoms with Crippen LogP contribution < -0.4 is 0 Å². The number of nitrogens with zero attached hydrogens (tertiary/aromatic N) is 2. The molecule has 0 radical (unpaired) electrons. The van der Waals surface area contributed by atoms with Gasteiger partial charge in [0.05, 0.1) is 30.8 Å². The summed E-state index contributed by atoms with van der Waals surface area (Å²) in [5.41, 5.74) is -1.35. The molecule has 0 aliphatic carbocycles. The molecule has 224 valence electrons. The number of benzene rings is 1. The highest BCUT2D eigenvalue weighted by Crippen LogP contribution is 2.65. The number of aliphatic hydroxyl groups is 1. The van der Waals surface area contributed by atoms with Crippen LogP contribution in [0, 0.1) is 11.8 Å². The molecule has 3 heterocycles. The van der Waals surface area contributed by atoms with Crippen LogP contribution in [0.4, 0.5) is 0 Å². The zero-order valence-electron chi connectivity index (χ0n) is 24.8. The molecule has 8 nitrogen and oxygen atoms in total. The topological polar surface area (TPSA) is 96.4 Å². The van der Waals surface area contributed by atoms with Crippen molar-refractivity contribution in [1.82, 2.24) is 9.80 Å². The lowest BCUT2D eigenvalue weighted by molar-refractivity contribution is -0.164. The Labute approximate surface area is 244 Å². The van der Waals surface area contributed by atoms with Crippen LogP contribution in [0.2, 0.25) is 0 Å². The summed E-state index contributed by atoms with van der Waals surface area (Å²) in [6.07, 6.45) is 8.07. The molecule has 3 aliphatic rings. The van der Waals surface area contributed by atoms with E-state index in [-0.39, 0.29) is 31.1 Å². The Balaban J connectivity index is 1.83. The first-order chi connectivity index (χ1) is 19.8. The Hall–Kier alpha value is -2.97. The largest absolute Gasteiger partial charge is 0.465 e. The lowest BCUT2D eigenvalue weighted by Gasteiger charge is -2.41. The minimum atomic E-state index is -1.19. The van der Waals surface area contributed by atoms with Crippen molar-refractivity contribution in [1.29, 1.82) is 0 Å². The van der Waals surface area contributed by atoms with Gasteiger partial charge in [-0.2, -0.15) is 0 Å². The van der Waals surface area contributed by atoms with Gasteiger partial charge < -0.3 is 24.4 Å². The van der Waals surface area contributed by atoms with Crippen molar-refractivity contribution in [2.24, 2.45) is 11.8 Å². The number of carbonyl (C=O) groups excluding carboxylic acids is 3. The number of amides is 2. The van der Waals surface area contributed by atoms with Crippen LogP contribution in [0.5, 0.6) is 0 Å². The summed E-state index contributed by atoms with van der Waals surface area (Å²) in [6.45, 7) is 13.8. The summed E-state index contributed by atoms with van der Waals surface area (Å²) < 4.78 is 12.6. The van der Waals surface area contributed by atoms with Gasteiger partial charge in [0.1, 0.15) is 17.6 Å². The fourth-order valence-corrected chi connectivity index (χ4v) is 7.51. The van der Waals surface area contributed by atoms with Gasteiger partial charge in [0.25, 0.3) is 0 Å². The van der Waals surface area contributed by atoms with Gasteiger partial charge >= 0.3 is 5.97 Å². The molecule has 3 aliphatic heterocycles. The van der Waals surface area contributed by atoms with Crippen molar-refractivity contribution in [3.8, 4) is 0 Å². The molecule has 0 saturated carbocycles. The van der Waals surface area contributed by atoms with Gasteiger partial charge in [-0.05, 0) is 51.0 Å². The summed E-state index contributed by atoms with van der Waals surface area (Å²) in [7, 11) is 0. The maximum Gasteiger partial charge on any atom is 0.312 e. The predicted molar refractivity (Wildman–Crippen MR) is 157 cm³/mol. The first-order valence-electron chi connectivity index (χ1n) is 15.1. The number of aliphatic hydroxyl groups excluding tert-OH is 1. The van der Waals surface area contributed by atoms with Crippen LogP contribution in [-0.4, -0.2) is 75.7 Å². The molecule has 0 aromatic heterocycles. The van der Waals surface area contributed by atoms with Gasteiger partial charge in [-0.25, -0.2) is 0 Å². The number of carbonyl (C=O) groups is 3. The van der Waals surface area contributed by atoms with Gasteiger partial charge in [-0.15, -0.1) is 13.2 Å². The number of hydrogen-bond donors (Lipinski definition) is 1. The molecule has 3 fully saturated rings. The van der Waals surface area contributed by atoms with Crippen LogP contribution >= 0.6 is 0 Å². The third-order valence-corrected chi connectivity index (χ3v) is 9.44. The van der Waals surface area contributed by atoms with Crippen LogP contribution in [0.3, 0.4) is 0 Å². The maximum absolute atomic E-state index is 14.7. The van der Waals surface area contributed by atoms with Crippen molar-refractivity contribution in [3.63, 3.8) is 0 Å². The highest BCUT2D eigenvalue weighted by molar-refractivity contribution is 5.99. The van der Waals surface area contributed by atoms with Gasteiger partial charge in [0, 0.05) is 12.6 Å². The predicted octanol–water partition coefficient (Wildman–Crippen LogP) is 4.59. The Morgan fingerprint density at radius 1 is 1.22 bits per heavy atom. The quantitative estimate of drug-likeness (QED) is 0.190. The average molecular weight is 567 g/mol. The normalized spacial score (nSPS) is 29.6. The van der Waals surface area contributed by atoms with Gasteiger partial charge in [0.15, 0.2) is 0 Å². The van der Waals surface area contributed by atoms with Gasteiger partial charge in [-0.3, -0.25) is 14.4 Å². The third kappa shape index (κ3) is 5.25. The van der Waals surface area contributed by atoms with E-state index in [1.807, 2.05) is 44.2 Å². The fraction of sp³-hybridized carbons (Fsp3) is 0.606. The lowest BCUT2D eigenvalue weighted by Crippen LogP contribution is -2.58. The minimum absolute atomic E-state index is 0.0911. The molecule has 1 aromatic carbocycles. The van der Waals surface area contributed by atoms with Crippen molar-refractivity contribution in [3.05, 3.63) is 61.2 Å². The highest BCUT2D eigenvalue weighted by Gasteiger charge is 2.79. The number of hydrogen-bond acceptors (Lipinski definition) is 6. The summed E-state index contributed by atoms with van der Waals surface area (Å²) in [6, 6.07) is 7.40. The summed E-state index contributed by atoms with van der Waals surface area (Å²) in [5, 5.41) is 10.7. The molecule has 2 bridgehead atoms. The lowest BCUT2D eigenvalue weighted by atomic mass is 9.65. The van der Waals surface area contributed by atoms with E-state index in [0.717, 1.165) is 18.4 Å². The summed E-state index contributed by atoms with van der Waals surface area (Å²) in [4.78, 5) is 46.3. The number of likely N-dealkylation sites (tertiary alicyclic amines) is 1. The number of unbranched alkanes of at least 4 members (excludes halogenated alkanes) is 1. The van der Waals surface area contributed by atoms with E-state index in [0.29, 0.717) is 38.6 Å². The van der Waals surface area contributed by atoms with Crippen molar-refractivity contribution in [2.45, 2.75) is 95.0 Å². The second kappa shape index (κ2) is 12.9. The standard InChI is InChI=1S/C33H46N2O6/c1-6-10-14-21-40-31(39)27-26-29(37)35(25(22-36)24-16-12-11-13-17-24)28(33(26)19-18-32(27,9-4)41-33)30(38)34(20-8-3)23(5)15-7-2/h6,8,11-13,16-17,23,25-28,36H,1,3,7,9-10,14-15,18-22H2,2,4-5H3/t23?,25-,26+,27+,28?,32-,33?/m1/s1. The summed E-state index contributed by atoms with van der Waals surface area (Å²) in [5.74, 6) is -2.72. The van der Waals surface area contributed by atoms with Crippen LogP contribution in [0.25, 0.3) is 0 Å². The molecule has 3 saturated heterocycles. The molecule has 41 heavy (non-hydrogen) atoms. The molecule has 3 unspecified atom stereocenters. The van der Waals surface area contributed by atoms with Crippen molar-refractivity contribution >= 4 is 17.8 Å². The van der Waals surface area contributed by atoms with E-state index in [9.17, 15) is 19.5 Å². The van der Waals surface area contributed by atoms with Gasteiger partial charge in [0.2, 0.25) is 11.8 Å². The second-order valence-corrected chi connectivity index (χ2v) is 11.7. The smallest absolute Gasteiger partial charge is 0.312 e. The summed E-state index contributed by atoms with van der Waals surface area (Å²) >= 11 is 0. The SMILES string of the molecule is C=CCCCOC(=O)[C@@H]1[C@H]2C(=O)N([C@H](CO)c3ccccc3)C(C(=O)N(CC=C)C(C)CCC)C23CC[C@@]1(CC)O3. The van der Waals surface area contributed by atoms with E-state index in [1.165, 1.54) is 4.90 Å². The molecule has 4 rings (SSSR count). The molecule has 1 aromatic rings. The molecule has 8 heteroatoms. The number of ether oxygens (including phenoxy) is 2. The Kier molecular flexibility index (Phi) is 9.75. The molecule has 1 spiro atoms. The second-order valence-electron chi connectivity index (χ2n) is 11.7. The number of rotatable bonds is 15. The van der Waals surface area contributed by atoms with E-state index < -0.39 is 41.1 Å². The maximum atomic E-state index is 14.7. The Morgan fingerprint density at radius 3 is 2.56 bits per heavy atom. The Bertz CT molecular complexity index is 1120. The van der Waals surface area contributed by atoms with E-state index in [1.54, 1.807) is 17.1 Å². The fourth-order valence-electron chi connectivity index (χ4n) is 7.51. The van der Waals surface area contributed by atoms with Gasteiger partial charge in [-0.1, -0.05) is 62.8 Å². The monoisotopic (exact) mass is 566 g/mol. The average Bonchev–Trinajstić information content (AvgIpc) is 3.58. The number of esters is 1. The van der Waals surface area contributed by atoms with E-state index in [2.05, 4.69) is 20.1 Å². The highest BCUT2D eigenvalue weighted by atomic mass is 16.6. The molecule has 2 amide bonds.